The van der Waals surface area contributed by atoms with Crippen LogP contribution in [0.1, 0.15) is 6.42 Å². The number of carbonyl (C=O) groups is 2. The topological polar surface area (TPSA) is 81.1 Å². The number of nitrogens with zero attached hydrogens (tertiary/aromatic N) is 2. The summed E-state index contributed by atoms with van der Waals surface area (Å²) in [5, 5.41) is 16.6. The lowest BCUT2D eigenvalue weighted by atomic mass is 10.4. The molecule has 0 fully saturated rings. The molecule has 0 spiro atoms. The Bertz CT molecular complexity index is 188. The summed E-state index contributed by atoms with van der Waals surface area (Å²) in [4.78, 5) is 21.0. The summed E-state index contributed by atoms with van der Waals surface area (Å²) in [6.45, 7) is -0.364. The van der Waals surface area contributed by atoms with Gasteiger partial charge in [-0.3, -0.25) is 4.79 Å². The smallest absolute Gasteiger partial charge is 0.437 e. The van der Waals surface area contributed by atoms with Gasteiger partial charge in [0.25, 0.3) is 5.91 Å². The van der Waals surface area contributed by atoms with Crippen LogP contribution in [0.2, 0.25) is 0 Å². The Morgan fingerprint density at radius 2 is 1.75 bits per heavy atom. The van der Waals surface area contributed by atoms with E-state index in [0.29, 0.717) is 8.83 Å². The minimum atomic E-state index is -1.43. The fraction of sp³-hybridized carbons (Fsp3) is 0.500. The van der Waals surface area contributed by atoms with Crippen molar-refractivity contribution in [1.82, 2.24) is 8.83 Å². The van der Waals surface area contributed by atoms with Gasteiger partial charge in [0.2, 0.25) is 0 Å². The van der Waals surface area contributed by atoms with Crippen LogP contribution in [0.25, 0.3) is 0 Å². The Labute approximate surface area is 79.8 Å². The monoisotopic (exact) mass is 212 g/mol. The van der Waals surface area contributed by atoms with E-state index < -0.39 is 12.0 Å². The molecule has 0 atom stereocenters. The molecule has 2 amide bonds. The molecule has 0 aliphatic rings. The fourth-order valence-corrected chi connectivity index (χ4v) is 0.659. The number of amides is 2. The summed E-state index contributed by atoms with van der Waals surface area (Å²) in [6.07, 6.45) is -1.63. The van der Waals surface area contributed by atoms with Crippen LogP contribution in [0.15, 0.2) is 0 Å². The zero-order chi connectivity index (χ0) is 9.72. The van der Waals surface area contributed by atoms with Gasteiger partial charge in [-0.15, -0.1) is 4.41 Å². The van der Waals surface area contributed by atoms with Crippen LogP contribution in [0.3, 0.4) is 0 Å². The van der Waals surface area contributed by atoms with Crippen molar-refractivity contribution in [2.45, 2.75) is 6.42 Å². The molecule has 0 saturated heterocycles. The lowest BCUT2D eigenvalue weighted by Gasteiger charge is -2.21. The van der Waals surface area contributed by atoms with Gasteiger partial charge in [-0.05, 0) is 25.6 Å². The maximum atomic E-state index is 10.8. The second-order valence-electron chi connectivity index (χ2n) is 1.73. The highest BCUT2D eigenvalue weighted by molar-refractivity contribution is 7.81. The average Bonchev–Trinajstić information content (AvgIpc) is 2.02. The first kappa shape index (κ1) is 11.4. The van der Waals surface area contributed by atoms with E-state index in [0.717, 1.165) is 0 Å². The van der Waals surface area contributed by atoms with Crippen molar-refractivity contribution in [2.24, 2.45) is 0 Å². The van der Waals surface area contributed by atoms with Crippen molar-refractivity contribution < 1.29 is 19.8 Å². The molecule has 6 nitrogen and oxygen atoms in total. The molecule has 0 aliphatic heterocycles. The number of hydrogen-bond acceptors (Lipinski definition) is 5. The van der Waals surface area contributed by atoms with Crippen LogP contribution in [0.5, 0.6) is 0 Å². The predicted molar refractivity (Wildman–Crippen MR) is 46.4 cm³/mol. The molecule has 2 N–H and O–H groups in total. The summed E-state index contributed by atoms with van der Waals surface area (Å²) < 4.78 is 0.794. The van der Waals surface area contributed by atoms with Gasteiger partial charge in [0.15, 0.2) is 0 Å². The lowest BCUT2D eigenvalue weighted by molar-refractivity contribution is -0.131. The normalized spacial score (nSPS) is 9.25. The molecule has 0 bridgehead atoms. The van der Waals surface area contributed by atoms with Crippen LogP contribution in [0, 0.1) is 0 Å². The summed E-state index contributed by atoms with van der Waals surface area (Å²) in [5.74, 6) is -0.654. The van der Waals surface area contributed by atoms with Crippen molar-refractivity contribution >= 4 is 37.6 Å². The van der Waals surface area contributed by atoms with Crippen molar-refractivity contribution in [3.63, 3.8) is 0 Å². The first-order valence-corrected chi connectivity index (χ1v) is 3.65. The van der Waals surface area contributed by atoms with Gasteiger partial charge in [-0.25, -0.2) is 4.79 Å². The molecule has 0 aromatic rings. The van der Waals surface area contributed by atoms with Gasteiger partial charge in [0.05, 0.1) is 13.0 Å². The minimum absolute atomic E-state index is 0.201. The Hall–Kier alpha value is -0.600. The average molecular weight is 212 g/mol. The molecule has 0 rings (SSSR count). The third-order valence-corrected chi connectivity index (χ3v) is 1.79. The van der Waals surface area contributed by atoms with Crippen molar-refractivity contribution in [3.05, 3.63) is 0 Å². The van der Waals surface area contributed by atoms with Crippen LogP contribution >= 0.6 is 25.6 Å². The number of aliphatic hydroxyl groups is 1. The summed E-state index contributed by atoms with van der Waals surface area (Å²) in [6, 6.07) is 0. The number of hydrazine groups is 1. The molecule has 0 unspecified atom stereocenters. The predicted octanol–water partition coefficient (Wildman–Crippen LogP) is -0.218. The second-order valence-corrected chi connectivity index (χ2v) is 2.49. The molecule has 0 saturated carbocycles. The van der Waals surface area contributed by atoms with Crippen LogP contribution in [-0.4, -0.2) is 37.6 Å². The van der Waals surface area contributed by atoms with E-state index in [4.69, 9.17) is 10.2 Å². The Kier molecular flexibility index (Phi) is 4.86. The summed E-state index contributed by atoms with van der Waals surface area (Å²) in [5.41, 5.74) is 0. The zero-order valence-electron chi connectivity index (χ0n) is 5.91. The van der Waals surface area contributed by atoms with Crippen molar-refractivity contribution in [2.75, 3.05) is 6.61 Å². The summed E-state index contributed by atoms with van der Waals surface area (Å²) in [7, 11) is 0. The Morgan fingerprint density at radius 1 is 1.25 bits per heavy atom. The molecular formula is C4H8N2O4S2. The molecule has 0 aromatic carbocycles. The third kappa shape index (κ3) is 3.20. The van der Waals surface area contributed by atoms with E-state index in [-0.39, 0.29) is 13.0 Å². The third-order valence-electron chi connectivity index (χ3n) is 0.899. The van der Waals surface area contributed by atoms with Gasteiger partial charge >= 0.3 is 6.09 Å². The molecule has 12 heavy (non-hydrogen) atoms. The minimum Gasteiger partial charge on any atom is -0.463 e. The fourth-order valence-electron chi connectivity index (χ4n) is 0.382. The second kappa shape index (κ2) is 5.12. The molecular weight excluding hydrogens is 204 g/mol. The highest BCUT2D eigenvalue weighted by atomic mass is 32.1. The van der Waals surface area contributed by atoms with Crippen LogP contribution in [0.4, 0.5) is 4.79 Å². The maximum Gasteiger partial charge on any atom is 0.437 e. The van der Waals surface area contributed by atoms with Crippen LogP contribution in [-0.2, 0) is 4.79 Å². The maximum absolute atomic E-state index is 10.8. The van der Waals surface area contributed by atoms with Crippen LogP contribution < -0.4 is 0 Å². The van der Waals surface area contributed by atoms with Gasteiger partial charge in [-0.1, -0.05) is 0 Å². The Balaban J connectivity index is 4.09. The van der Waals surface area contributed by atoms with Crippen molar-refractivity contribution in [3.8, 4) is 0 Å². The number of carboxylic acid groups (broad SMARTS) is 1. The van der Waals surface area contributed by atoms with E-state index in [1.807, 2.05) is 0 Å². The van der Waals surface area contributed by atoms with E-state index in [9.17, 15) is 9.59 Å². The summed E-state index contributed by atoms with van der Waals surface area (Å²) >= 11 is 6.97. The number of rotatable bonds is 2. The Morgan fingerprint density at radius 3 is 2.08 bits per heavy atom. The van der Waals surface area contributed by atoms with Gasteiger partial charge in [-0.2, -0.15) is 4.41 Å². The van der Waals surface area contributed by atoms with E-state index in [1.54, 1.807) is 0 Å². The van der Waals surface area contributed by atoms with Gasteiger partial charge < -0.3 is 10.2 Å². The number of hydrogen-bond donors (Lipinski definition) is 4. The van der Waals surface area contributed by atoms with E-state index in [2.05, 4.69) is 25.6 Å². The van der Waals surface area contributed by atoms with E-state index >= 15 is 0 Å². The first-order chi connectivity index (χ1) is 5.50. The van der Waals surface area contributed by atoms with Crippen molar-refractivity contribution in [1.29, 1.82) is 0 Å². The largest absolute Gasteiger partial charge is 0.463 e. The van der Waals surface area contributed by atoms with Gasteiger partial charge in [0, 0.05) is 0 Å². The molecule has 0 aromatic heterocycles. The molecule has 70 valence electrons. The zero-order valence-corrected chi connectivity index (χ0v) is 7.70. The first-order valence-electron chi connectivity index (χ1n) is 2.85. The lowest BCUT2D eigenvalue weighted by Crippen LogP contribution is -2.37. The molecule has 0 radical (unpaired) electrons. The SMILES string of the molecule is O=C(O)N(S)N(S)C(=O)CCO. The van der Waals surface area contributed by atoms with Gasteiger partial charge in [0.1, 0.15) is 0 Å². The standard InChI is InChI=1S/C4H8N2O4S2/c7-2-1-3(8)5(11)6(12)4(9)10/h7,11-12H,1-2H2,(H,9,10). The highest BCUT2D eigenvalue weighted by Gasteiger charge is 2.19. The van der Waals surface area contributed by atoms with E-state index in [1.165, 1.54) is 0 Å². The molecule has 8 heteroatoms. The number of thiol groups is 2. The number of carbonyl (C=O) groups excluding carboxylic acids is 1. The molecule has 0 heterocycles. The quantitative estimate of drug-likeness (QED) is 0.377. The highest BCUT2D eigenvalue weighted by Crippen LogP contribution is 2.07. The number of aliphatic hydroxyl groups excluding tert-OH is 1. The molecule has 0 aliphatic carbocycles.